The molecule has 1 heterocycles. The molecule has 1 N–H and O–H groups in total. The minimum atomic E-state index is -0.960. The van der Waals surface area contributed by atoms with Crippen LogP contribution in [0.3, 0.4) is 0 Å². The van der Waals surface area contributed by atoms with E-state index in [2.05, 4.69) is 4.98 Å². The minimum absolute atomic E-state index is 0.473. The van der Waals surface area contributed by atoms with Crippen LogP contribution in [0.5, 0.6) is 5.88 Å². The second-order valence-corrected chi connectivity index (χ2v) is 2.75. The summed E-state index contributed by atoms with van der Waals surface area (Å²) in [5.41, 5.74) is 1.46. The van der Waals surface area contributed by atoms with E-state index in [0.717, 1.165) is 11.6 Å². The molecule has 4 nitrogen and oxygen atoms in total. The van der Waals surface area contributed by atoms with Crippen LogP contribution in [0.25, 0.3) is 5.57 Å². The minimum Gasteiger partial charge on any atom is -0.481 e. The monoisotopic (exact) mass is 193 g/mol. The summed E-state index contributed by atoms with van der Waals surface area (Å²) in [7, 11) is 1.52. The molecule has 0 spiro atoms. The number of rotatable bonds is 3. The Bertz CT molecular complexity index is 371. The lowest BCUT2D eigenvalue weighted by molar-refractivity contribution is -0.131. The van der Waals surface area contributed by atoms with Gasteiger partial charge in [0, 0.05) is 18.3 Å². The number of aliphatic carboxylic acids is 1. The number of ether oxygens (including phenoxy) is 1. The number of allylic oxidation sites excluding steroid dienone is 1. The van der Waals surface area contributed by atoms with E-state index < -0.39 is 5.97 Å². The smallest absolute Gasteiger partial charge is 0.328 e. The van der Waals surface area contributed by atoms with Gasteiger partial charge in [-0.2, -0.15) is 0 Å². The Balaban J connectivity index is 3.01. The first-order chi connectivity index (χ1) is 6.63. The molecule has 4 heteroatoms. The van der Waals surface area contributed by atoms with Gasteiger partial charge < -0.3 is 9.84 Å². The van der Waals surface area contributed by atoms with Gasteiger partial charge in [-0.05, 0) is 24.1 Å². The molecule has 0 aliphatic rings. The molecular weight excluding hydrogens is 182 g/mol. The zero-order chi connectivity index (χ0) is 10.6. The van der Waals surface area contributed by atoms with Crippen LogP contribution in [-0.4, -0.2) is 23.2 Å². The van der Waals surface area contributed by atoms with Crippen LogP contribution in [0, 0.1) is 0 Å². The number of pyridine rings is 1. The predicted molar refractivity (Wildman–Crippen MR) is 52.1 cm³/mol. The quantitative estimate of drug-likeness (QED) is 0.740. The lowest BCUT2D eigenvalue weighted by Gasteiger charge is -2.02. The number of carboxylic acids is 1. The molecular formula is C10H11NO3. The topological polar surface area (TPSA) is 59.4 Å². The van der Waals surface area contributed by atoms with Crippen molar-refractivity contribution < 1.29 is 14.6 Å². The third-order valence-corrected chi connectivity index (χ3v) is 1.74. The molecule has 0 aliphatic carbocycles. The summed E-state index contributed by atoms with van der Waals surface area (Å²) in [6, 6.07) is 3.42. The van der Waals surface area contributed by atoms with Crippen LogP contribution >= 0.6 is 0 Å². The van der Waals surface area contributed by atoms with Crippen LogP contribution in [0.15, 0.2) is 24.4 Å². The van der Waals surface area contributed by atoms with Crippen molar-refractivity contribution in [3.8, 4) is 5.88 Å². The summed E-state index contributed by atoms with van der Waals surface area (Å²) in [6.45, 7) is 1.73. The van der Waals surface area contributed by atoms with Crippen molar-refractivity contribution in [1.82, 2.24) is 4.98 Å². The molecule has 1 aromatic rings. The van der Waals surface area contributed by atoms with Crippen LogP contribution < -0.4 is 4.74 Å². The first-order valence-corrected chi connectivity index (χ1v) is 4.05. The van der Waals surface area contributed by atoms with Crippen molar-refractivity contribution in [3.05, 3.63) is 30.0 Å². The second-order valence-electron chi connectivity index (χ2n) is 2.75. The van der Waals surface area contributed by atoms with E-state index in [1.54, 1.807) is 25.3 Å². The largest absolute Gasteiger partial charge is 0.481 e. The molecule has 0 bridgehead atoms. The van der Waals surface area contributed by atoms with Gasteiger partial charge in [-0.15, -0.1) is 0 Å². The molecule has 0 radical (unpaired) electrons. The average molecular weight is 193 g/mol. The van der Waals surface area contributed by atoms with Gasteiger partial charge in [-0.1, -0.05) is 0 Å². The average Bonchev–Trinajstić information content (AvgIpc) is 2.17. The van der Waals surface area contributed by atoms with E-state index in [1.165, 1.54) is 7.11 Å². The third-order valence-electron chi connectivity index (χ3n) is 1.74. The summed E-state index contributed by atoms with van der Waals surface area (Å²) < 4.78 is 4.92. The Morgan fingerprint density at radius 1 is 1.64 bits per heavy atom. The van der Waals surface area contributed by atoms with Crippen molar-refractivity contribution in [1.29, 1.82) is 0 Å². The molecule has 0 saturated heterocycles. The third kappa shape index (κ3) is 2.58. The standard InChI is InChI=1S/C10H11NO3/c1-7(5-10(12)13)8-3-4-11-9(6-8)14-2/h3-6H,1-2H3,(H,12,13). The summed E-state index contributed by atoms with van der Waals surface area (Å²) in [5, 5.41) is 8.55. The molecule has 0 unspecified atom stereocenters. The lowest BCUT2D eigenvalue weighted by Crippen LogP contribution is -1.92. The Morgan fingerprint density at radius 3 is 2.93 bits per heavy atom. The van der Waals surface area contributed by atoms with Crippen LogP contribution in [0.4, 0.5) is 0 Å². The zero-order valence-corrected chi connectivity index (χ0v) is 8.02. The van der Waals surface area contributed by atoms with Crippen LogP contribution in [-0.2, 0) is 4.79 Å². The molecule has 74 valence electrons. The highest BCUT2D eigenvalue weighted by molar-refractivity contribution is 5.89. The normalized spacial score (nSPS) is 11.1. The number of nitrogens with zero attached hydrogens (tertiary/aromatic N) is 1. The first-order valence-electron chi connectivity index (χ1n) is 4.05. The van der Waals surface area contributed by atoms with E-state index >= 15 is 0 Å². The summed E-state index contributed by atoms with van der Waals surface area (Å²) >= 11 is 0. The van der Waals surface area contributed by atoms with E-state index in [1.807, 2.05) is 0 Å². The highest BCUT2D eigenvalue weighted by Crippen LogP contribution is 2.16. The number of methoxy groups -OCH3 is 1. The zero-order valence-electron chi connectivity index (χ0n) is 8.02. The molecule has 0 amide bonds. The van der Waals surface area contributed by atoms with E-state index in [4.69, 9.17) is 9.84 Å². The van der Waals surface area contributed by atoms with Gasteiger partial charge in [0.1, 0.15) is 0 Å². The summed E-state index contributed by atoms with van der Waals surface area (Å²) in [5.74, 6) is -0.487. The summed E-state index contributed by atoms with van der Waals surface area (Å²) in [4.78, 5) is 14.3. The van der Waals surface area contributed by atoms with Gasteiger partial charge in [0.15, 0.2) is 0 Å². The fourth-order valence-corrected chi connectivity index (χ4v) is 1.03. The van der Waals surface area contributed by atoms with Crippen LogP contribution in [0.1, 0.15) is 12.5 Å². The molecule has 0 aromatic carbocycles. The molecule has 1 rings (SSSR count). The summed E-state index contributed by atoms with van der Waals surface area (Å²) in [6.07, 6.45) is 2.72. The highest BCUT2D eigenvalue weighted by atomic mass is 16.5. The maximum Gasteiger partial charge on any atom is 0.328 e. The Kier molecular flexibility index (Phi) is 3.23. The Morgan fingerprint density at radius 2 is 2.36 bits per heavy atom. The fraction of sp³-hybridized carbons (Fsp3) is 0.200. The fourth-order valence-electron chi connectivity index (χ4n) is 1.03. The van der Waals surface area contributed by atoms with Crippen molar-refractivity contribution in [3.63, 3.8) is 0 Å². The molecule has 1 aromatic heterocycles. The molecule has 0 fully saturated rings. The van der Waals surface area contributed by atoms with Crippen LogP contribution in [0.2, 0.25) is 0 Å². The van der Waals surface area contributed by atoms with Gasteiger partial charge >= 0.3 is 5.97 Å². The van der Waals surface area contributed by atoms with Crippen molar-refractivity contribution in [2.24, 2.45) is 0 Å². The van der Waals surface area contributed by atoms with E-state index in [9.17, 15) is 4.79 Å². The second kappa shape index (κ2) is 4.41. The van der Waals surface area contributed by atoms with Crippen molar-refractivity contribution >= 4 is 11.5 Å². The van der Waals surface area contributed by atoms with E-state index in [0.29, 0.717) is 11.5 Å². The Labute approximate surface area is 81.9 Å². The number of hydrogen-bond donors (Lipinski definition) is 1. The predicted octanol–water partition coefficient (Wildman–Crippen LogP) is 1.58. The first kappa shape index (κ1) is 10.2. The maximum atomic E-state index is 10.4. The number of aromatic nitrogens is 1. The molecule has 14 heavy (non-hydrogen) atoms. The molecule has 0 aliphatic heterocycles. The van der Waals surface area contributed by atoms with Gasteiger partial charge in [0.2, 0.25) is 5.88 Å². The molecule has 0 atom stereocenters. The number of carboxylic acid groups (broad SMARTS) is 1. The highest BCUT2D eigenvalue weighted by Gasteiger charge is 2.00. The van der Waals surface area contributed by atoms with Gasteiger partial charge in [-0.3, -0.25) is 0 Å². The number of hydrogen-bond acceptors (Lipinski definition) is 3. The Hall–Kier alpha value is -1.84. The SMILES string of the molecule is COc1cc(C(C)=CC(=O)O)ccn1. The lowest BCUT2D eigenvalue weighted by atomic mass is 10.1. The van der Waals surface area contributed by atoms with Gasteiger partial charge in [0.05, 0.1) is 7.11 Å². The van der Waals surface area contributed by atoms with Gasteiger partial charge in [0.25, 0.3) is 0 Å². The van der Waals surface area contributed by atoms with Crippen molar-refractivity contribution in [2.75, 3.05) is 7.11 Å². The molecule has 0 saturated carbocycles. The maximum absolute atomic E-state index is 10.4. The van der Waals surface area contributed by atoms with Crippen molar-refractivity contribution in [2.45, 2.75) is 6.92 Å². The van der Waals surface area contributed by atoms with Gasteiger partial charge in [-0.25, -0.2) is 9.78 Å². The number of carbonyl (C=O) groups is 1. The van der Waals surface area contributed by atoms with E-state index in [-0.39, 0.29) is 0 Å².